The van der Waals surface area contributed by atoms with Crippen LogP contribution in [0, 0.1) is 6.92 Å². The first-order valence-electron chi connectivity index (χ1n) is 8.48. The van der Waals surface area contributed by atoms with Gasteiger partial charge in [-0.05, 0) is 48.1 Å². The van der Waals surface area contributed by atoms with Gasteiger partial charge in [-0.15, -0.1) is 13.2 Å². The molecule has 0 fully saturated rings. The molecule has 1 aliphatic rings. The number of fused-ring (bicyclic) bond motifs is 1. The molecular weight excluding hydrogens is 288 g/mol. The lowest BCUT2D eigenvalue weighted by Gasteiger charge is -2.35. The first-order chi connectivity index (χ1) is 11.7. The highest BCUT2D eigenvalue weighted by Crippen LogP contribution is 2.43. The molecule has 0 amide bonds. The van der Waals surface area contributed by atoms with Crippen LogP contribution in [0.25, 0.3) is 11.6 Å². The summed E-state index contributed by atoms with van der Waals surface area (Å²) in [4.78, 5) is 0. The van der Waals surface area contributed by atoms with Gasteiger partial charge in [0.05, 0.1) is 0 Å². The highest BCUT2D eigenvalue weighted by atomic mass is 14.3. The fourth-order valence-corrected chi connectivity index (χ4v) is 3.52. The van der Waals surface area contributed by atoms with Crippen molar-refractivity contribution in [2.75, 3.05) is 0 Å². The number of benzene rings is 2. The smallest absolute Gasteiger partial charge is 0.0210 e. The summed E-state index contributed by atoms with van der Waals surface area (Å²) in [7, 11) is 0. The first-order valence-corrected chi connectivity index (χ1v) is 8.48. The quantitative estimate of drug-likeness (QED) is 0.553. The second-order valence-electron chi connectivity index (χ2n) is 6.53. The largest absolute Gasteiger partial charge is 0.103 e. The van der Waals surface area contributed by atoms with Crippen molar-refractivity contribution >= 4 is 11.6 Å². The Hall–Kier alpha value is -2.60. The third kappa shape index (κ3) is 3.05. The Morgan fingerprint density at radius 1 is 0.917 bits per heavy atom. The third-order valence-electron chi connectivity index (χ3n) is 4.77. The lowest BCUT2D eigenvalue weighted by molar-refractivity contribution is 0.547. The van der Waals surface area contributed by atoms with Crippen LogP contribution in [0.2, 0.25) is 0 Å². The molecule has 120 valence electrons. The second-order valence-corrected chi connectivity index (χ2v) is 6.53. The van der Waals surface area contributed by atoms with E-state index in [4.69, 9.17) is 0 Å². The maximum absolute atomic E-state index is 3.97. The number of aryl methyl sites for hydroxylation is 1. The normalized spacial score (nSPS) is 16.6. The maximum atomic E-state index is 3.97. The summed E-state index contributed by atoms with van der Waals surface area (Å²) >= 11 is 0. The van der Waals surface area contributed by atoms with E-state index >= 15 is 0 Å². The topological polar surface area (TPSA) is 0 Å². The van der Waals surface area contributed by atoms with E-state index in [-0.39, 0.29) is 5.41 Å². The average molecular weight is 312 g/mol. The zero-order valence-electron chi connectivity index (χ0n) is 14.3. The van der Waals surface area contributed by atoms with Gasteiger partial charge in [-0.2, -0.15) is 0 Å². The van der Waals surface area contributed by atoms with Gasteiger partial charge in [0.2, 0.25) is 0 Å². The highest BCUT2D eigenvalue weighted by molar-refractivity contribution is 5.90. The van der Waals surface area contributed by atoms with Crippen LogP contribution in [0.4, 0.5) is 0 Å². The van der Waals surface area contributed by atoms with Gasteiger partial charge in [0.1, 0.15) is 0 Å². The summed E-state index contributed by atoms with van der Waals surface area (Å²) in [6, 6.07) is 17.4. The van der Waals surface area contributed by atoms with Crippen LogP contribution < -0.4 is 0 Å². The van der Waals surface area contributed by atoms with Crippen LogP contribution in [0.3, 0.4) is 0 Å². The Kier molecular flexibility index (Phi) is 4.66. The Balaban J connectivity index is 2.11. The van der Waals surface area contributed by atoms with Crippen LogP contribution >= 0.6 is 0 Å². The van der Waals surface area contributed by atoms with Crippen LogP contribution in [-0.4, -0.2) is 0 Å². The van der Waals surface area contributed by atoms with Gasteiger partial charge >= 0.3 is 0 Å². The molecule has 0 aromatic heterocycles. The van der Waals surface area contributed by atoms with E-state index in [9.17, 15) is 0 Å². The molecule has 24 heavy (non-hydrogen) atoms. The zero-order chi connectivity index (χ0) is 17.0. The number of hydrogen-bond donors (Lipinski definition) is 0. The number of allylic oxidation sites excluding steroid dienone is 5. The van der Waals surface area contributed by atoms with Crippen molar-refractivity contribution in [1.82, 2.24) is 0 Å². The van der Waals surface area contributed by atoms with Crippen LogP contribution in [-0.2, 0) is 5.41 Å². The maximum Gasteiger partial charge on any atom is 0.0210 e. The molecule has 0 heteroatoms. The van der Waals surface area contributed by atoms with Gasteiger partial charge in [0.25, 0.3) is 0 Å². The van der Waals surface area contributed by atoms with Crippen molar-refractivity contribution in [3.05, 3.63) is 108 Å². The molecule has 2 aromatic carbocycles. The molecule has 0 saturated carbocycles. The molecule has 0 aliphatic heterocycles. The predicted molar refractivity (Wildman–Crippen MR) is 106 cm³/mol. The zero-order valence-corrected chi connectivity index (χ0v) is 14.3. The second kappa shape index (κ2) is 6.88. The third-order valence-corrected chi connectivity index (χ3v) is 4.77. The SMILES string of the molecule is C=CCC1(CC=C)C=C/C(=C\c2ccc(C)cc2)c2ccccc21. The first kappa shape index (κ1) is 16.3. The van der Waals surface area contributed by atoms with Crippen molar-refractivity contribution in [2.24, 2.45) is 0 Å². The predicted octanol–water partition coefficient (Wildman–Crippen LogP) is 6.50. The van der Waals surface area contributed by atoms with E-state index in [1.54, 1.807) is 0 Å². The molecule has 0 unspecified atom stereocenters. The summed E-state index contributed by atoms with van der Waals surface area (Å²) in [5.74, 6) is 0. The van der Waals surface area contributed by atoms with E-state index in [1.807, 2.05) is 12.2 Å². The molecule has 0 atom stereocenters. The lowest BCUT2D eigenvalue weighted by atomic mass is 9.68. The minimum Gasteiger partial charge on any atom is -0.103 e. The Morgan fingerprint density at radius 3 is 2.25 bits per heavy atom. The van der Waals surface area contributed by atoms with Crippen molar-refractivity contribution in [2.45, 2.75) is 25.2 Å². The van der Waals surface area contributed by atoms with Gasteiger partial charge in [-0.3, -0.25) is 0 Å². The Morgan fingerprint density at radius 2 is 1.58 bits per heavy atom. The van der Waals surface area contributed by atoms with Crippen molar-refractivity contribution in [3.8, 4) is 0 Å². The Bertz CT molecular complexity index is 790. The molecular formula is C24H24. The molecule has 0 heterocycles. The molecule has 1 aliphatic carbocycles. The molecule has 0 nitrogen and oxygen atoms in total. The van der Waals surface area contributed by atoms with E-state index in [0.717, 1.165) is 12.8 Å². The summed E-state index contributed by atoms with van der Waals surface area (Å²) in [6.07, 6.45) is 12.7. The molecule has 0 saturated heterocycles. The van der Waals surface area contributed by atoms with Crippen LogP contribution in [0.1, 0.15) is 35.1 Å². The molecule has 0 bridgehead atoms. The van der Waals surface area contributed by atoms with Crippen molar-refractivity contribution in [1.29, 1.82) is 0 Å². The van der Waals surface area contributed by atoms with Crippen LogP contribution in [0.5, 0.6) is 0 Å². The molecule has 2 aromatic rings. The lowest BCUT2D eigenvalue weighted by Crippen LogP contribution is -2.26. The minimum atomic E-state index is -0.0231. The number of hydrogen-bond acceptors (Lipinski definition) is 0. The highest BCUT2D eigenvalue weighted by Gasteiger charge is 2.32. The molecule has 0 radical (unpaired) electrons. The van der Waals surface area contributed by atoms with Gasteiger partial charge < -0.3 is 0 Å². The van der Waals surface area contributed by atoms with Crippen molar-refractivity contribution in [3.63, 3.8) is 0 Å². The summed E-state index contributed by atoms with van der Waals surface area (Å²) < 4.78 is 0. The summed E-state index contributed by atoms with van der Waals surface area (Å²) in [5.41, 5.74) is 6.43. The summed E-state index contributed by atoms with van der Waals surface area (Å²) in [5, 5.41) is 0. The van der Waals surface area contributed by atoms with Crippen molar-refractivity contribution < 1.29 is 0 Å². The minimum absolute atomic E-state index is 0.0231. The van der Waals surface area contributed by atoms with Gasteiger partial charge in [-0.1, -0.05) is 78.4 Å². The Labute approximate surface area is 145 Å². The van der Waals surface area contributed by atoms with Gasteiger partial charge in [0.15, 0.2) is 0 Å². The fourth-order valence-electron chi connectivity index (χ4n) is 3.52. The van der Waals surface area contributed by atoms with E-state index in [0.29, 0.717) is 0 Å². The van der Waals surface area contributed by atoms with E-state index in [1.165, 1.54) is 27.8 Å². The molecule has 3 rings (SSSR count). The molecule has 0 N–H and O–H groups in total. The van der Waals surface area contributed by atoms with E-state index < -0.39 is 0 Å². The molecule has 0 spiro atoms. The average Bonchev–Trinajstić information content (AvgIpc) is 2.60. The van der Waals surface area contributed by atoms with Gasteiger partial charge in [0, 0.05) is 5.41 Å². The van der Waals surface area contributed by atoms with E-state index in [2.05, 4.69) is 86.8 Å². The fraction of sp³-hybridized carbons (Fsp3) is 0.167. The standard InChI is InChI=1S/C24H24/c1-4-15-24(16-5-2)17-14-21(22-8-6-7-9-23(22)24)18-20-12-10-19(3)11-13-20/h4-14,17-18H,1-2,15-16H2,3H3/b21-18+. The van der Waals surface area contributed by atoms with Gasteiger partial charge in [-0.25, -0.2) is 0 Å². The summed E-state index contributed by atoms with van der Waals surface area (Å²) in [6.45, 7) is 10.1. The number of rotatable bonds is 5. The monoisotopic (exact) mass is 312 g/mol. The van der Waals surface area contributed by atoms with Crippen LogP contribution in [0.15, 0.2) is 86.0 Å².